The second kappa shape index (κ2) is 5.52. The van der Waals surface area contributed by atoms with Gasteiger partial charge in [0.2, 0.25) is 5.82 Å². The van der Waals surface area contributed by atoms with Gasteiger partial charge < -0.3 is 24.8 Å². The zero-order chi connectivity index (χ0) is 15.7. The summed E-state index contributed by atoms with van der Waals surface area (Å²) in [6, 6.07) is 0. The average molecular weight is 312 g/mol. The molecule has 11 heteroatoms. The molecule has 0 spiro atoms. The number of aromatic nitrogens is 4. The number of nitrogens with zero attached hydrogens (tertiary/aromatic N) is 6. The molecule has 0 saturated heterocycles. The Morgan fingerprint density at radius 1 is 1.33 bits per heavy atom. The van der Waals surface area contributed by atoms with Gasteiger partial charge in [0.25, 0.3) is 0 Å². The van der Waals surface area contributed by atoms with Crippen LogP contribution < -0.4 is 0 Å². The van der Waals surface area contributed by atoms with Crippen molar-refractivity contribution in [2.75, 3.05) is 0 Å². The zero-order valence-electron chi connectivity index (χ0n) is 11.2. The molecule has 112 valence electrons. The van der Waals surface area contributed by atoms with E-state index in [2.05, 4.69) is 22.6 Å². The molecule has 2 heterocycles. The van der Waals surface area contributed by atoms with E-state index in [0.717, 1.165) is 6.20 Å². The molecule has 0 radical (unpaired) electrons. The highest BCUT2D eigenvalue weighted by atomic mass is 32.1. The van der Waals surface area contributed by atoms with Gasteiger partial charge in [-0.25, -0.2) is 9.55 Å². The van der Waals surface area contributed by atoms with Crippen molar-refractivity contribution >= 4 is 24.3 Å². The summed E-state index contributed by atoms with van der Waals surface area (Å²) in [5, 5.41) is 21.0. The lowest BCUT2D eigenvalue weighted by atomic mass is 10.2. The molecule has 0 aliphatic rings. The second-order valence-corrected chi connectivity index (χ2v) is 5.02. The SMILES string of the molecule is Cn1cc([N+](=O)[O-])nc1C(S)Cc1ncc([N+](=O)[O-])n1C. The molecule has 2 rings (SSSR count). The Kier molecular flexibility index (Phi) is 3.93. The van der Waals surface area contributed by atoms with Gasteiger partial charge in [-0.05, 0) is 14.8 Å². The molecule has 1 unspecified atom stereocenters. The Morgan fingerprint density at radius 2 is 2.00 bits per heavy atom. The first-order valence-corrected chi connectivity index (χ1v) is 6.33. The Labute approximate surface area is 124 Å². The van der Waals surface area contributed by atoms with Crippen LogP contribution in [0.4, 0.5) is 11.6 Å². The van der Waals surface area contributed by atoms with Crippen molar-refractivity contribution in [1.29, 1.82) is 0 Å². The van der Waals surface area contributed by atoms with Crippen LogP contribution in [0.25, 0.3) is 0 Å². The van der Waals surface area contributed by atoms with E-state index in [-0.39, 0.29) is 18.1 Å². The molecule has 0 aliphatic heterocycles. The van der Waals surface area contributed by atoms with E-state index in [1.54, 1.807) is 7.05 Å². The lowest BCUT2D eigenvalue weighted by Gasteiger charge is -2.05. The third-order valence-corrected chi connectivity index (χ3v) is 3.42. The highest BCUT2D eigenvalue weighted by molar-refractivity contribution is 7.80. The molecule has 0 fully saturated rings. The standard InChI is InChI=1S/C10H12N6O4S/c1-13-5-8(15(17)18)12-10(13)6(21)3-7-11-4-9(14(7)2)16(19)20/h4-6,21H,3H2,1-2H3. The predicted molar refractivity (Wildman–Crippen MR) is 75.2 cm³/mol. The van der Waals surface area contributed by atoms with Gasteiger partial charge >= 0.3 is 11.6 Å². The minimum Gasteiger partial charge on any atom is -0.358 e. The molecule has 0 bridgehead atoms. The van der Waals surface area contributed by atoms with Gasteiger partial charge in [-0.1, -0.05) is 0 Å². The predicted octanol–water partition coefficient (Wildman–Crippen LogP) is 1.18. The molecule has 0 saturated carbocycles. The van der Waals surface area contributed by atoms with Gasteiger partial charge in [0, 0.05) is 13.5 Å². The van der Waals surface area contributed by atoms with Crippen LogP contribution >= 0.6 is 12.6 Å². The summed E-state index contributed by atoms with van der Waals surface area (Å²) in [4.78, 5) is 28.2. The number of aryl methyl sites for hydroxylation is 1. The van der Waals surface area contributed by atoms with Crippen molar-refractivity contribution < 1.29 is 9.85 Å². The summed E-state index contributed by atoms with van der Waals surface area (Å²) in [7, 11) is 3.15. The molecule has 0 aromatic carbocycles. The van der Waals surface area contributed by atoms with Crippen LogP contribution in [-0.4, -0.2) is 28.9 Å². The van der Waals surface area contributed by atoms with E-state index >= 15 is 0 Å². The van der Waals surface area contributed by atoms with E-state index in [0.29, 0.717) is 11.6 Å². The monoisotopic (exact) mass is 312 g/mol. The van der Waals surface area contributed by atoms with Gasteiger partial charge in [-0.2, -0.15) is 12.6 Å². The molecule has 0 aliphatic carbocycles. The fraction of sp³-hybridized carbons (Fsp3) is 0.400. The summed E-state index contributed by atoms with van der Waals surface area (Å²) in [6.45, 7) is 0. The topological polar surface area (TPSA) is 122 Å². The van der Waals surface area contributed by atoms with Crippen molar-refractivity contribution in [3.8, 4) is 0 Å². The Bertz CT molecular complexity index is 708. The number of thiol groups is 1. The number of imidazole rings is 2. The van der Waals surface area contributed by atoms with Crippen LogP contribution in [0.5, 0.6) is 0 Å². The molecule has 10 nitrogen and oxygen atoms in total. The van der Waals surface area contributed by atoms with Gasteiger partial charge in [-0.15, -0.1) is 0 Å². The summed E-state index contributed by atoms with van der Waals surface area (Å²) >= 11 is 4.36. The smallest absolute Gasteiger partial charge is 0.358 e. The summed E-state index contributed by atoms with van der Waals surface area (Å²) in [5.74, 6) is 0.455. The summed E-state index contributed by atoms with van der Waals surface area (Å²) in [5.41, 5.74) is 0. The van der Waals surface area contributed by atoms with Crippen molar-refractivity contribution in [1.82, 2.24) is 19.1 Å². The van der Waals surface area contributed by atoms with Crippen molar-refractivity contribution in [3.05, 3.63) is 44.3 Å². The van der Waals surface area contributed by atoms with Gasteiger partial charge in [0.05, 0.1) is 12.3 Å². The maximum Gasteiger partial charge on any atom is 0.381 e. The van der Waals surface area contributed by atoms with E-state index in [9.17, 15) is 20.2 Å². The lowest BCUT2D eigenvalue weighted by molar-refractivity contribution is -0.391. The van der Waals surface area contributed by atoms with Gasteiger partial charge in [0.1, 0.15) is 12.4 Å². The van der Waals surface area contributed by atoms with Crippen LogP contribution in [0, 0.1) is 20.2 Å². The van der Waals surface area contributed by atoms with Crippen LogP contribution in [-0.2, 0) is 20.5 Å². The normalized spacial score (nSPS) is 12.3. The van der Waals surface area contributed by atoms with Crippen LogP contribution in [0.3, 0.4) is 0 Å². The number of nitro groups is 2. The molecular formula is C10H12N6O4S. The van der Waals surface area contributed by atoms with E-state index < -0.39 is 15.1 Å². The lowest BCUT2D eigenvalue weighted by Crippen LogP contribution is -2.08. The molecule has 2 aromatic rings. The second-order valence-electron chi connectivity index (χ2n) is 4.39. The van der Waals surface area contributed by atoms with Gasteiger partial charge in [-0.3, -0.25) is 0 Å². The first-order valence-electron chi connectivity index (χ1n) is 5.82. The quantitative estimate of drug-likeness (QED) is 0.502. The molecule has 0 N–H and O–H groups in total. The minimum atomic E-state index is -0.588. The fourth-order valence-corrected chi connectivity index (χ4v) is 2.33. The number of hydrogen-bond donors (Lipinski definition) is 1. The van der Waals surface area contributed by atoms with Crippen molar-refractivity contribution in [2.45, 2.75) is 11.7 Å². The van der Waals surface area contributed by atoms with E-state index in [4.69, 9.17) is 0 Å². The highest BCUT2D eigenvalue weighted by Gasteiger charge is 2.26. The third-order valence-electron chi connectivity index (χ3n) is 3.01. The Hall–Kier alpha value is -2.43. The van der Waals surface area contributed by atoms with Gasteiger partial charge in [0.15, 0.2) is 5.82 Å². The van der Waals surface area contributed by atoms with Crippen molar-refractivity contribution in [3.63, 3.8) is 0 Å². The Morgan fingerprint density at radius 3 is 2.48 bits per heavy atom. The first-order chi connectivity index (χ1) is 9.81. The molecule has 0 amide bonds. The maximum atomic E-state index is 10.8. The van der Waals surface area contributed by atoms with Crippen LogP contribution in [0.15, 0.2) is 12.4 Å². The third kappa shape index (κ3) is 2.86. The average Bonchev–Trinajstić information content (AvgIpc) is 2.94. The van der Waals surface area contributed by atoms with Crippen LogP contribution in [0.1, 0.15) is 16.9 Å². The molecule has 2 aromatic heterocycles. The number of hydrogen-bond acceptors (Lipinski definition) is 7. The first kappa shape index (κ1) is 15.0. The van der Waals surface area contributed by atoms with E-state index in [1.807, 2.05) is 0 Å². The highest BCUT2D eigenvalue weighted by Crippen LogP contribution is 2.26. The van der Waals surface area contributed by atoms with Crippen molar-refractivity contribution in [2.24, 2.45) is 14.1 Å². The Balaban J connectivity index is 2.24. The molecule has 21 heavy (non-hydrogen) atoms. The summed E-state index contributed by atoms with van der Waals surface area (Å²) < 4.78 is 2.85. The molecule has 1 atom stereocenters. The fourth-order valence-electron chi connectivity index (χ4n) is 1.92. The van der Waals surface area contributed by atoms with E-state index in [1.165, 1.54) is 22.4 Å². The number of rotatable bonds is 5. The largest absolute Gasteiger partial charge is 0.381 e. The van der Waals surface area contributed by atoms with Crippen LogP contribution in [0.2, 0.25) is 0 Å². The summed E-state index contributed by atoms with van der Waals surface area (Å²) in [6.07, 6.45) is 2.71. The molecular weight excluding hydrogens is 300 g/mol. The zero-order valence-corrected chi connectivity index (χ0v) is 12.1. The minimum absolute atomic E-state index is 0.128. The maximum absolute atomic E-state index is 10.8.